The fraction of sp³-hybridized carbons (Fsp3) is 0.143. The number of nitrogens with zero attached hydrogens (tertiary/aromatic N) is 2. The number of rotatable bonds is 1. The molecule has 82 valence electrons. The summed E-state index contributed by atoms with van der Waals surface area (Å²) < 4.78 is 39.0. The molecule has 1 N–H and O–H groups in total. The van der Waals surface area contributed by atoms with E-state index in [1.54, 1.807) is 12.1 Å². The maximum atomic E-state index is 9.75. The zero-order valence-electron chi connectivity index (χ0n) is 7.79. The molecule has 0 saturated carbocycles. The monoisotopic (exact) mass is 221 g/mol. The number of diazo groups is 1. The van der Waals surface area contributed by atoms with E-state index in [1.165, 1.54) is 0 Å². The van der Waals surface area contributed by atoms with Gasteiger partial charge in [-0.2, -0.15) is 0 Å². The molecule has 1 rings (SSSR count). The van der Waals surface area contributed by atoms with Crippen molar-refractivity contribution in [3.8, 4) is 0 Å². The third-order valence-electron chi connectivity index (χ3n) is 1.27. The van der Waals surface area contributed by atoms with Crippen molar-refractivity contribution in [1.82, 2.24) is 0 Å². The van der Waals surface area contributed by atoms with Crippen LogP contribution in [0.15, 0.2) is 24.3 Å². The summed E-state index contributed by atoms with van der Waals surface area (Å²) in [5.74, 6) is 0. The minimum absolute atomic E-state index is 0.569. The normalized spacial score (nSPS) is 9.60. The smallest absolute Gasteiger partial charge is 0.418 e. The lowest BCUT2D eigenvalue weighted by molar-refractivity contribution is 0.368. The van der Waals surface area contributed by atoms with E-state index in [0.29, 0.717) is 5.69 Å². The van der Waals surface area contributed by atoms with Crippen LogP contribution >= 0.6 is 0 Å². The first kappa shape index (κ1) is 13.2. The van der Waals surface area contributed by atoms with Gasteiger partial charge < -0.3 is 22.6 Å². The Balaban J connectivity index is 0.000000336. The van der Waals surface area contributed by atoms with Crippen molar-refractivity contribution in [2.75, 3.05) is 12.4 Å². The Morgan fingerprint density at radius 3 is 1.80 bits per heavy atom. The fourth-order valence-electron chi connectivity index (χ4n) is 0.695. The van der Waals surface area contributed by atoms with Crippen molar-refractivity contribution in [2.24, 2.45) is 0 Å². The van der Waals surface area contributed by atoms with Crippen LogP contribution in [0, 0.1) is 5.39 Å². The summed E-state index contributed by atoms with van der Waals surface area (Å²) in [6.07, 6.45) is 0. The quantitative estimate of drug-likeness (QED) is 0.447. The molecule has 8 heteroatoms. The highest BCUT2D eigenvalue weighted by atomic mass is 19.5. The number of hydrogen-bond donors (Lipinski definition) is 1. The molecular weight excluding hydrogens is 213 g/mol. The second-order valence-corrected chi connectivity index (χ2v) is 2.39. The van der Waals surface area contributed by atoms with E-state index >= 15 is 0 Å². The maximum absolute atomic E-state index is 9.75. The maximum Gasteiger partial charge on any atom is 0.673 e. The van der Waals surface area contributed by atoms with E-state index in [2.05, 4.69) is 10.3 Å². The largest absolute Gasteiger partial charge is 0.673 e. The number of halogens is 4. The van der Waals surface area contributed by atoms with Crippen LogP contribution in [0.5, 0.6) is 0 Å². The number of benzene rings is 1. The summed E-state index contributed by atoms with van der Waals surface area (Å²) in [5, 5.41) is 11.3. The van der Waals surface area contributed by atoms with Gasteiger partial charge in [0.2, 0.25) is 5.39 Å². The van der Waals surface area contributed by atoms with Gasteiger partial charge in [-0.05, 0) is 12.1 Å². The summed E-state index contributed by atoms with van der Waals surface area (Å²) in [7, 11) is -4.16. The Labute approximate surface area is 83.8 Å². The molecule has 0 aliphatic carbocycles. The van der Waals surface area contributed by atoms with Crippen LogP contribution in [0.3, 0.4) is 0 Å². The molecular formula is C7H8BF4N3. The molecule has 3 nitrogen and oxygen atoms in total. The molecule has 1 aromatic rings. The van der Waals surface area contributed by atoms with E-state index in [1.807, 2.05) is 19.2 Å². The Kier molecular flexibility index (Phi) is 5.16. The summed E-state index contributed by atoms with van der Waals surface area (Å²) in [6, 6.07) is 7.14. The van der Waals surface area contributed by atoms with Crippen molar-refractivity contribution in [1.29, 1.82) is 5.39 Å². The summed E-state index contributed by atoms with van der Waals surface area (Å²) >= 11 is 0. The summed E-state index contributed by atoms with van der Waals surface area (Å²) in [5.41, 5.74) is 1.58. The SMILES string of the molecule is CNc1ccc([N+]#N)cc1.F[B-](F)(F)F. The molecule has 0 saturated heterocycles. The molecule has 0 atom stereocenters. The first-order valence-electron chi connectivity index (χ1n) is 3.87. The predicted octanol–water partition coefficient (Wildman–Crippen LogP) is 3.51. The Hall–Kier alpha value is -1.78. The van der Waals surface area contributed by atoms with Crippen molar-refractivity contribution in [3.05, 3.63) is 29.2 Å². The standard InChI is InChI=1S/C7H8N3.BF4/c1-9-6-2-4-7(10-8)5-3-6;2-1(3,4)5/h2-5,9H,1H3;/q+1;-1. The van der Waals surface area contributed by atoms with Gasteiger partial charge in [0.05, 0.1) is 0 Å². The van der Waals surface area contributed by atoms with Crippen LogP contribution < -0.4 is 5.32 Å². The average Bonchev–Trinajstić information content (AvgIpc) is 2.15. The molecule has 15 heavy (non-hydrogen) atoms. The van der Waals surface area contributed by atoms with Crippen LogP contribution in [0.1, 0.15) is 0 Å². The van der Waals surface area contributed by atoms with Crippen LogP contribution in [-0.2, 0) is 0 Å². The fourth-order valence-corrected chi connectivity index (χ4v) is 0.695. The average molecular weight is 221 g/mol. The number of nitrogens with one attached hydrogen (secondary N) is 1. The van der Waals surface area contributed by atoms with Gasteiger partial charge in [-0.15, -0.1) is 0 Å². The summed E-state index contributed by atoms with van der Waals surface area (Å²) in [6.45, 7) is 0. The topological polar surface area (TPSA) is 40.2 Å². The minimum atomic E-state index is -6.00. The van der Waals surface area contributed by atoms with Gasteiger partial charge in [-0.25, -0.2) is 0 Å². The van der Waals surface area contributed by atoms with E-state index in [-0.39, 0.29) is 0 Å². The lowest BCUT2D eigenvalue weighted by Crippen LogP contribution is -2.02. The van der Waals surface area contributed by atoms with Gasteiger partial charge in [0.15, 0.2) is 4.98 Å². The van der Waals surface area contributed by atoms with Gasteiger partial charge in [0, 0.05) is 24.9 Å². The second kappa shape index (κ2) is 5.85. The lowest BCUT2D eigenvalue weighted by atomic mass is 10.3. The van der Waals surface area contributed by atoms with Gasteiger partial charge in [-0.1, -0.05) is 0 Å². The third kappa shape index (κ3) is 8.55. The highest BCUT2D eigenvalue weighted by Gasteiger charge is 2.20. The van der Waals surface area contributed by atoms with Crippen LogP contribution in [0.4, 0.5) is 28.6 Å². The van der Waals surface area contributed by atoms with Gasteiger partial charge in [-0.3, -0.25) is 0 Å². The Morgan fingerprint density at radius 2 is 1.53 bits per heavy atom. The highest BCUT2D eigenvalue weighted by molar-refractivity contribution is 6.50. The molecule has 0 bridgehead atoms. The molecule has 0 aliphatic rings. The Morgan fingerprint density at radius 1 is 1.13 bits per heavy atom. The zero-order valence-corrected chi connectivity index (χ0v) is 7.79. The minimum Gasteiger partial charge on any atom is -0.418 e. The Bertz CT molecular complexity index is 324. The van der Waals surface area contributed by atoms with Crippen LogP contribution in [0.25, 0.3) is 4.98 Å². The van der Waals surface area contributed by atoms with Crippen molar-refractivity contribution >= 4 is 18.6 Å². The lowest BCUT2D eigenvalue weighted by Gasteiger charge is -1.94. The molecule has 0 aliphatic heterocycles. The number of anilines is 1. The molecule has 0 heterocycles. The molecule has 0 spiro atoms. The van der Waals surface area contributed by atoms with Crippen LogP contribution in [0.2, 0.25) is 0 Å². The molecule has 0 unspecified atom stereocenters. The molecule has 0 fully saturated rings. The van der Waals surface area contributed by atoms with Crippen molar-refractivity contribution < 1.29 is 17.3 Å². The third-order valence-corrected chi connectivity index (χ3v) is 1.27. The second-order valence-electron chi connectivity index (χ2n) is 2.39. The van der Waals surface area contributed by atoms with E-state index in [4.69, 9.17) is 5.39 Å². The van der Waals surface area contributed by atoms with Gasteiger partial charge in [0.25, 0.3) is 0 Å². The van der Waals surface area contributed by atoms with E-state index < -0.39 is 7.25 Å². The van der Waals surface area contributed by atoms with E-state index in [9.17, 15) is 17.3 Å². The first-order chi connectivity index (χ1) is 6.86. The van der Waals surface area contributed by atoms with Gasteiger partial charge >= 0.3 is 12.9 Å². The molecule has 0 amide bonds. The van der Waals surface area contributed by atoms with Crippen molar-refractivity contribution in [3.63, 3.8) is 0 Å². The summed E-state index contributed by atoms with van der Waals surface area (Å²) in [4.78, 5) is 3.02. The predicted molar refractivity (Wildman–Crippen MR) is 50.9 cm³/mol. The van der Waals surface area contributed by atoms with E-state index in [0.717, 1.165) is 5.69 Å². The first-order valence-corrected chi connectivity index (χ1v) is 3.87. The highest BCUT2D eigenvalue weighted by Crippen LogP contribution is 2.14. The molecule has 0 aromatic heterocycles. The van der Waals surface area contributed by atoms with Crippen molar-refractivity contribution in [2.45, 2.75) is 0 Å². The molecule has 1 aromatic carbocycles. The van der Waals surface area contributed by atoms with Gasteiger partial charge in [0.1, 0.15) is 0 Å². The molecule has 0 radical (unpaired) electrons. The number of hydrogen-bond acceptors (Lipinski definition) is 2. The van der Waals surface area contributed by atoms with Crippen LogP contribution in [-0.4, -0.2) is 14.3 Å². The zero-order chi connectivity index (χ0) is 11.9.